The summed E-state index contributed by atoms with van der Waals surface area (Å²) in [4.78, 5) is 12.1. The number of hydrogen-bond acceptors (Lipinski definition) is 4. The highest BCUT2D eigenvalue weighted by atomic mass is 16.5. The molecule has 0 unspecified atom stereocenters. The molecule has 1 aliphatic rings. The maximum absolute atomic E-state index is 12.1. The highest BCUT2D eigenvalue weighted by molar-refractivity contribution is 5.94. The second-order valence-electron chi connectivity index (χ2n) is 6.16. The van der Waals surface area contributed by atoms with E-state index in [1.165, 1.54) is 0 Å². The lowest BCUT2D eigenvalue weighted by Crippen LogP contribution is -2.23. The number of H-pyrrole nitrogens is 1. The monoisotopic (exact) mass is 349 g/mol. The summed E-state index contributed by atoms with van der Waals surface area (Å²) in [6.07, 6.45) is 2.08. The standard InChI is InChI=1S/C20H19N3O3/c1-25-17-9-5-8-14(19(17)26-12-13-6-3-2-4-7-13)15-10-18(24)22-20-16(15)11-21-23-20/h2-9,11,15H,10,12H2,1H3,(H2,21,22,23,24)/t15-/m0/s1. The van der Waals surface area contributed by atoms with E-state index in [2.05, 4.69) is 15.5 Å². The molecule has 0 saturated heterocycles. The number of carbonyl (C=O) groups is 1. The number of fused-ring (bicyclic) bond motifs is 1. The molecule has 1 atom stereocenters. The van der Waals surface area contributed by atoms with Crippen LogP contribution in [0.1, 0.15) is 29.0 Å². The molecule has 0 spiro atoms. The Morgan fingerprint density at radius 2 is 1.96 bits per heavy atom. The van der Waals surface area contributed by atoms with E-state index in [0.29, 0.717) is 30.3 Å². The van der Waals surface area contributed by atoms with Crippen LogP contribution >= 0.6 is 0 Å². The lowest BCUT2D eigenvalue weighted by molar-refractivity contribution is -0.116. The van der Waals surface area contributed by atoms with Crippen LogP contribution in [-0.2, 0) is 11.4 Å². The second kappa shape index (κ2) is 6.92. The van der Waals surface area contributed by atoms with Crippen LogP contribution < -0.4 is 14.8 Å². The van der Waals surface area contributed by atoms with E-state index in [1.807, 2.05) is 48.5 Å². The van der Waals surface area contributed by atoms with E-state index in [-0.39, 0.29) is 11.8 Å². The Balaban J connectivity index is 1.72. The number of anilines is 1. The zero-order chi connectivity index (χ0) is 17.9. The number of carbonyl (C=O) groups excluding carboxylic acids is 1. The lowest BCUT2D eigenvalue weighted by atomic mass is 9.86. The zero-order valence-electron chi connectivity index (χ0n) is 14.4. The van der Waals surface area contributed by atoms with Crippen LogP contribution in [-0.4, -0.2) is 23.2 Å². The van der Waals surface area contributed by atoms with E-state index in [1.54, 1.807) is 13.3 Å². The van der Waals surface area contributed by atoms with Crippen LogP contribution in [0.2, 0.25) is 0 Å². The van der Waals surface area contributed by atoms with Gasteiger partial charge in [0.15, 0.2) is 11.5 Å². The fraction of sp³-hybridized carbons (Fsp3) is 0.200. The third kappa shape index (κ3) is 3.01. The number of hydrogen-bond donors (Lipinski definition) is 2. The predicted molar refractivity (Wildman–Crippen MR) is 97.4 cm³/mol. The Morgan fingerprint density at radius 3 is 2.77 bits per heavy atom. The molecule has 0 bridgehead atoms. The number of benzene rings is 2. The predicted octanol–water partition coefficient (Wildman–Crippen LogP) is 3.47. The van der Waals surface area contributed by atoms with Crippen molar-refractivity contribution in [3.63, 3.8) is 0 Å². The maximum atomic E-state index is 12.1. The number of aromatic amines is 1. The molecule has 1 aliphatic heterocycles. The second-order valence-corrected chi connectivity index (χ2v) is 6.16. The third-order valence-electron chi connectivity index (χ3n) is 4.53. The Morgan fingerprint density at radius 1 is 1.12 bits per heavy atom. The average molecular weight is 349 g/mol. The fourth-order valence-corrected chi connectivity index (χ4v) is 3.28. The molecule has 6 heteroatoms. The molecule has 6 nitrogen and oxygen atoms in total. The molecular formula is C20H19N3O3. The molecule has 2 aromatic carbocycles. The number of nitrogens with one attached hydrogen (secondary N) is 2. The molecular weight excluding hydrogens is 330 g/mol. The molecule has 1 amide bonds. The van der Waals surface area contributed by atoms with Gasteiger partial charge in [-0.15, -0.1) is 0 Å². The maximum Gasteiger partial charge on any atom is 0.226 e. The minimum Gasteiger partial charge on any atom is -0.493 e. The smallest absolute Gasteiger partial charge is 0.226 e. The summed E-state index contributed by atoms with van der Waals surface area (Å²) in [5, 5.41) is 9.72. The van der Waals surface area contributed by atoms with Crippen LogP contribution in [0.5, 0.6) is 11.5 Å². The summed E-state index contributed by atoms with van der Waals surface area (Å²) in [6, 6.07) is 15.7. The van der Waals surface area contributed by atoms with E-state index in [0.717, 1.165) is 16.7 Å². The fourth-order valence-electron chi connectivity index (χ4n) is 3.28. The first kappa shape index (κ1) is 16.2. The number of amides is 1. The number of rotatable bonds is 5. The van der Waals surface area contributed by atoms with Gasteiger partial charge in [-0.3, -0.25) is 9.89 Å². The molecule has 26 heavy (non-hydrogen) atoms. The van der Waals surface area contributed by atoms with Crippen molar-refractivity contribution in [1.82, 2.24) is 10.2 Å². The van der Waals surface area contributed by atoms with Gasteiger partial charge in [0.1, 0.15) is 12.4 Å². The van der Waals surface area contributed by atoms with Crippen molar-refractivity contribution in [3.05, 3.63) is 71.4 Å². The van der Waals surface area contributed by atoms with Crippen molar-refractivity contribution in [2.24, 2.45) is 0 Å². The Bertz CT molecular complexity index is 921. The van der Waals surface area contributed by atoms with E-state index < -0.39 is 0 Å². The molecule has 132 valence electrons. The van der Waals surface area contributed by atoms with Crippen molar-refractivity contribution in [1.29, 1.82) is 0 Å². The summed E-state index contributed by atoms with van der Waals surface area (Å²) in [5.41, 5.74) is 2.93. The van der Waals surface area contributed by atoms with Gasteiger partial charge >= 0.3 is 0 Å². The summed E-state index contributed by atoms with van der Waals surface area (Å²) < 4.78 is 11.7. The van der Waals surface area contributed by atoms with Crippen LogP contribution in [0.4, 0.5) is 5.82 Å². The largest absolute Gasteiger partial charge is 0.493 e. The van der Waals surface area contributed by atoms with E-state index in [9.17, 15) is 4.79 Å². The van der Waals surface area contributed by atoms with Crippen LogP contribution in [0.15, 0.2) is 54.7 Å². The molecule has 0 radical (unpaired) electrons. The van der Waals surface area contributed by atoms with Crippen LogP contribution in [0.3, 0.4) is 0 Å². The van der Waals surface area contributed by atoms with Gasteiger partial charge in [0.05, 0.1) is 13.3 Å². The quantitative estimate of drug-likeness (QED) is 0.739. The Kier molecular flexibility index (Phi) is 4.31. The van der Waals surface area contributed by atoms with Gasteiger partial charge in [-0.05, 0) is 11.6 Å². The molecule has 4 rings (SSSR count). The van der Waals surface area contributed by atoms with Crippen molar-refractivity contribution < 1.29 is 14.3 Å². The average Bonchev–Trinajstić information content (AvgIpc) is 3.14. The number of nitrogens with zero attached hydrogens (tertiary/aromatic N) is 1. The lowest BCUT2D eigenvalue weighted by Gasteiger charge is -2.25. The minimum atomic E-state index is -0.140. The van der Waals surface area contributed by atoms with Crippen molar-refractivity contribution >= 4 is 11.7 Å². The molecule has 0 saturated carbocycles. The molecule has 3 aromatic rings. The number of methoxy groups -OCH3 is 1. The van der Waals surface area contributed by atoms with Gasteiger partial charge in [0.2, 0.25) is 5.91 Å². The summed E-state index contributed by atoms with van der Waals surface area (Å²) in [5.74, 6) is 1.75. The molecule has 2 heterocycles. The first-order valence-corrected chi connectivity index (χ1v) is 8.43. The van der Waals surface area contributed by atoms with Gasteiger partial charge in [-0.1, -0.05) is 42.5 Å². The number of ether oxygens (including phenoxy) is 2. The van der Waals surface area contributed by atoms with Crippen LogP contribution in [0.25, 0.3) is 0 Å². The van der Waals surface area contributed by atoms with Gasteiger partial charge < -0.3 is 14.8 Å². The molecule has 0 aliphatic carbocycles. The first-order chi connectivity index (χ1) is 12.8. The van der Waals surface area contributed by atoms with Crippen molar-refractivity contribution in [2.45, 2.75) is 18.9 Å². The van der Waals surface area contributed by atoms with Gasteiger partial charge in [0, 0.05) is 23.5 Å². The van der Waals surface area contributed by atoms with Gasteiger partial charge in [0.25, 0.3) is 0 Å². The van der Waals surface area contributed by atoms with Crippen LogP contribution in [0, 0.1) is 0 Å². The van der Waals surface area contributed by atoms with Crippen molar-refractivity contribution in [3.8, 4) is 11.5 Å². The first-order valence-electron chi connectivity index (χ1n) is 8.43. The Hall–Kier alpha value is -3.28. The SMILES string of the molecule is COc1cccc([C@@H]2CC(=O)Nc3[nH]ncc32)c1OCc1ccccc1. The molecule has 2 N–H and O–H groups in total. The van der Waals surface area contributed by atoms with E-state index >= 15 is 0 Å². The number of para-hydroxylation sites is 1. The van der Waals surface area contributed by atoms with Gasteiger partial charge in [-0.25, -0.2) is 0 Å². The highest BCUT2D eigenvalue weighted by Gasteiger charge is 2.31. The summed E-state index contributed by atoms with van der Waals surface area (Å²) in [7, 11) is 1.62. The zero-order valence-corrected chi connectivity index (χ0v) is 14.4. The normalized spacial score (nSPS) is 15.9. The summed E-state index contributed by atoms with van der Waals surface area (Å²) >= 11 is 0. The molecule has 0 fully saturated rings. The summed E-state index contributed by atoms with van der Waals surface area (Å²) in [6.45, 7) is 0.422. The van der Waals surface area contributed by atoms with Gasteiger partial charge in [-0.2, -0.15) is 5.10 Å². The minimum absolute atomic E-state index is 0.0522. The highest BCUT2D eigenvalue weighted by Crippen LogP contribution is 2.43. The third-order valence-corrected chi connectivity index (χ3v) is 4.53. The number of aromatic nitrogens is 2. The molecule has 1 aromatic heterocycles. The Labute approximate surface area is 151 Å². The van der Waals surface area contributed by atoms with Crippen molar-refractivity contribution in [2.75, 3.05) is 12.4 Å². The topological polar surface area (TPSA) is 76.2 Å². The van der Waals surface area contributed by atoms with E-state index in [4.69, 9.17) is 9.47 Å².